The normalized spacial score (nSPS) is 28.8. The van der Waals surface area contributed by atoms with Crippen molar-refractivity contribution in [1.29, 1.82) is 0 Å². The molecule has 2 rings (SSSR count). The van der Waals surface area contributed by atoms with Gasteiger partial charge in [0.25, 0.3) is 0 Å². The van der Waals surface area contributed by atoms with Gasteiger partial charge >= 0.3 is 6.03 Å². The molecule has 3 amide bonds. The lowest BCUT2D eigenvalue weighted by Gasteiger charge is -2.16. The maximum atomic E-state index is 11.1. The molecule has 2 aliphatic rings. The van der Waals surface area contributed by atoms with Gasteiger partial charge < -0.3 is 16.4 Å². The first-order valence-electron chi connectivity index (χ1n) is 6.64. The number of unbranched alkanes of at least 4 members (excludes halogenated alkanes) is 1. The van der Waals surface area contributed by atoms with Gasteiger partial charge in [0.1, 0.15) is 0 Å². The summed E-state index contributed by atoms with van der Waals surface area (Å²) in [6, 6.07) is 0.516. The van der Waals surface area contributed by atoms with E-state index in [1.807, 2.05) is 25.6 Å². The van der Waals surface area contributed by atoms with E-state index in [9.17, 15) is 9.59 Å². The van der Waals surface area contributed by atoms with Gasteiger partial charge in [-0.1, -0.05) is 20.3 Å². The van der Waals surface area contributed by atoms with Crippen LogP contribution < -0.4 is 16.4 Å². The van der Waals surface area contributed by atoms with Crippen molar-refractivity contribution in [3.8, 4) is 0 Å². The second kappa shape index (κ2) is 7.51. The average molecular weight is 273 g/mol. The number of hydrogen-bond donors (Lipinski definition) is 3. The molecule has 18 heavy (non-hydrogen) atoms. The SMILES string of the molecule is CC.NC(=O)CCCCC1SCC2NC(=O)NC21. The Balaban J connectivity index is 0.000000771. The van der Waals surface area contributed by atoms with E-state index >= 15 is 0 Å². The Kier molecular flexibility index (Phi) is 6.32. The van der Waals surface area contributed by atoms with Gasteiger partial charge in [-0.25, -0.2) is 4.79 Å². The summed E-state index contributed by atoms with van der Waals surface area (Å²) in [5.41, 5.74) is 5.08. The number of rotatable bonds is 5. The molecule has 0 spiro atoms. The van der Waals surface area contributed by atoms with E-state index in [2.05, 4.69) is 10.6 Å². The second-order valence-electron chi connectivity index (χ2n) is 4.33. The molecule has 2 heterocycles. The average Bonchev–Trinajstić information content (AvgIpc) is 2.87. The van der Waals surface area contributed by atoms with Crippen molar-refractivity contribution in [2.75, 3.05) is 5.75 Å². The highest BCUT2D eigenvalue weighted by molar-refractivity contribution is 8.00. The summed E-state index contributed by atoms with van der Waals surface area (Å²) in [5, 5.41) is 6.35. The van der Waals surface area contributed by atoms with Crippen LogP contribution in [0, 0.1) is 0 Å². The van der Waals surface area contributed by atoms with Crippen molar-refractivity contribution < 1.29 is 9.59 Å². The van der Waals surface area contributed by atoms with Crippen LogP contribution in [0.15, 0.2) is 0 Å². The van der Waals surface area contributed by atoms with Crippen LogP contribution in [0.2, 0.25) is 0 Å². The third-order valence-corrected chi connectivity index (χ3v) is 4.61. The zero-order chi connectivity index (χ0) is 13.5. The number of nitrogens with one attached hydrogen (secondary N) is 2. The first kappa shape index (κ1) is 15.1. The Morgan fingerprint density at radius 3 is 2.78 bits per heavy atom. The minimum absolute atomic E-state index is 0.0440. The standard InChI is InChI=1S/C10H17N3O2S.C2H6/c11-8(14)4-2-1-3-7-9-6(5-16-7)12-10(15)13-9;1-2/h6-7,9H,1-5H2,(H2,11,14)(H2,12,13,15);1-2H3. The summed E-state index contributed by atoms with van der Waals surface area (Å²) in [6.45, 7) is 4.00. The zero-order valence-electron chi connectivity index (χ0n) is 11.1. The van der Waals surface area contributed by atoms with Crippen LogP contribution in [-0.4, -0.2) is 35.0 Å². The van der Waals surface area contributed by atoms with Crippen molar-refractivity contribution in [3.05, 3.63) is 0 Å². The molecular weight excluding hydrogens is 250 g/mol. The van der Waals surface area contributed by atoms with Gasteiger partial charge in [0.2, 0.25) is 5.91 Å². The molecule has 3 atom stereocenters. The van der Waals surface area contributed by atoms with E-state index in [0.29, 0.717) is 17.7 Å². The molecule has 4 N–H and O–H groups in total. The minimum Gasteiger partial charge on any atom is -0.370 e. The molecule has 3 unspecified atom stereocenters. The highest BCUT2D eigenvalue weighted by Crippen LogP contribution is 2.33. The van der Waals surface area contributed by atoms with Gasteiger partial charge in [-0.15, -0.1) is 0 Å². The van der Waals surface area contributed by atoms with Gasteiger partial charge in [0.05, 0.1) is 12.1 Å². The lowest BCUT2D eigenvalue weighted by molar-refractivity contribution is -0.118. The fourth-order valence-corrected chi connectivity index (χ4v) is 3.83. The number of nitrogens with two attached hydrogens (primary N) is 1. The molecule has 2 saturated heterocycles. The van der Waals surface area contributed by atoms with Gasteiger partial charge in [-0.3, -0.25) is 4.79 Å². The number of thioether (sulfide) groups is 1. The number of hydrogen-bond acceptors (Lipinski definition) is 3. The van der Waals surface area contributed by atoms with E-state index in [0.717, 1.165) is 25.0 Å². The molecule has 0 saturated carbocycles. The molecule has 0 aromatic heterocycles. The highest BCUT2D eigenvalue weighted by atomic mass is 32.2. The van der Waals surface area contributed by atoms with Crippen molar-refractivity contribution in [2.24, 2.45) is 5.73 Å². The fraction of sp³-hybridized carbons (Fsp3) is 0.833. The number of amides is 3. The quantitative estimate of drug-likeness (QED) is 0.520. The molecule has 0 radical (unpaired) electrons. The summed E-state index contributed by atoms with van der Waals surface area (Å²) < 4.78 is 0. The number of carbonyl (C=O) groups is 2. The first-order chi connectivity index (χ1) is 8.66. The third-order valence-electron chi connectivity index (χ3n) is 3.10. The van der Waals surface area contributed by atoms with Crippen LogP contribution in [-0.2, 0) is 4.79 Å². The monoisotopic (exact) mass is 273 g/mol. The molecule has 104 valence electrons. The smallest absolute Gasteiger partial charge is 0.315 e. The van der Waals surface area contributed by atoms with Crippen LogP contribution in [0.25, 0.3) is 0 Å². The van der Waals surface area contributed by atoms with E-state index in [4.69, 9.17) is 5.73 Å². The van der Waals surface area contributed by atoms with Gasteiger partial charge in [-0.2, -0.15) is 11.8 Å². The number of carbonyl (C=O) groups excluding carboxylic acids is 2. The lowest BCUT2D eigenvalue weighted by atomic mass is 10.0. The summed E-state index contributed by atoms with van der Waals surface area (Å²) in [6.07, 6.45) is 3.36. The van der Waals surface area contributed by atoms with Gasteiger partial charge in [0, 0.05) is 17.4 Å². The van der Waals surface area contributed by atoms with Crippen molar-refractivity contribution in [3.63, 3.8) is 0 Å². The first-order valence-corrected chi connectivity index (χ1v) is 7.68. The predicted octanol–water partition coefficient (Wildman–Crippen LogP) is 1.22. The number of fused-ring (bicyclic) bond motifs is 1. The van der Waals surface area contributed by atoms with Crippen LogP contribution in [0.3, 0.4) is 0 Å². The number of primary amides is 1. The Morgan fingerprint density at radius 2 is 2.11 bits per heavy atom. The Bertz CT molecular complexity index is 299. The van der Waals surface area contributed by atoms with Crippen molar-refractivity contribution in [1.82, 2.24) is 10.6 Å². The zero-order valence-corrected chi connectivity index (χ0v) is 11.9. The van der Waals surface area contributed by atoms with E-state index in [1.165, 1.54) is 0 Å². The third kappa shape index (κ3) is 4.08. The summed E-state index contributed by atoms with van der Waals surface area (Å²) in [7, 11) is 0. The number of urea groups is 1. The summed E-state index contributed by atoms with van der Waals surface area (Å²) >= 11 is 1.90. The fourth-order valence-electron chi connectivity index (χ4n) is 2.29. The molecule has 0 aromatic carbocycles. The van der Waals surface area contributed by atoms with Gasteiger partial charge in [-0.05, 0) is 12.8 Å². The van der Waals surface area contributed by atoms with E-state index in [1.54, 1.807) is 0 Å². The van der Waals surface area contributed by atoms with Crippen LogP contribution >= 0.6 is 11.8 Å². The molecule has 0 aliphatic carbocycles. The maximum Gasteiger partial charge on any atom is 0.315 e. The minimum atomic E-state index is -0.229. The molecule has 0 aromatic rings. The molecule has 2 fully saturated rings. The second-order valence-corrected chi connectivity index (χ2v) is 5.61. The van der Waals surface area contributed by atoms with Crippen LogP contribution in [0.4, 0.5) is 4.79 Å². The van der Waals surface area contributed by atoms with Crippen LogP contribution in [0.5, 0.6) is 0 Å². The van der Waals surface area contributed by atoms with Crippen molar-refractivity contribution >= 4 is 23.7 Å². The van der Waals surface area contributed by atoms with Crippen LogP contribution in [0.1, 0.15) is 39.5 Å². The van der Waals surface area contributed by atoms with Crippen molar-refractivity contribution in [2.45, 2.75) is 56.9 Å². The molecule has 0 bridgehead atoms. The molecule has 5 nitrogen and oxygen atoms in total. The van der Waals surface area contributed by atoms with Gasteiger partial charge in [0.15, 0.2) is 0 Å². The Labute approximate surface area is 113 Å². The highest BCUT2D eigenvalue weighted by Gasteiger charge is 2.42. The topological polar surface area (TPSA) is 84.2 Å². The Morgan fingerprint density at radius 1 is 1.39 bits per heavy atom. The van der Waals surface area contributed by atoms with E-state index < -0.39 is 0 Å². The molecular formula is C12H23N3O2S. The summed E-state index contributed by atoms with van der Waals surface area (Å²) in [4.78, 5) is 21.7. The largest absolute Gasteiger partial charge is 0.370 e. The summed E-state index contributed by atoms with van der Waals surface area (Å²) in [5.74, 6) is 0.761. The lowest BCUT2D eigenvalue weighted by Crippen LogP contribution is -2.36. The predicted molar refractivity (Wildman–Crippen MR) is 74.5 cm³/mol. The van der Waals surface area contributed by atoms with E-state index in [-0.39, 0.29) is 18.0 Å². The molecule has 2 aliphatic heterocycles. The Hall–Kier alpha value is -0.910. The maximum absolute atomic E-state index is 11.1. The molecule has 6 heteroatoms.